The summed E-state index contributed by atoms with van der Waals surface area (Å²) in [5.74, 6) is -0.325. The molecule has 1 aromatic rings. The fourth-order valence-electron chi connectivity index (χ4n) is 1.82. The molecule has 1 fully saturated rings. The van der Waals surface area contributed by atoms with E-state index in [4.69, 9.17) is 0 Å². The van der Waals surface area contributed by atoms with Crippen LogP contribution in [0.5, 0.6) is 5.75 Å². The van der Waals surface area contributed by atoms with Crippen molar-refractivity contribution in [3.8, 4) is 5.75 Å². The maximum absolute atomic E-state index is 13.7. The maximum atomic E-state index is 13.7. The molecule has 0 bridgehead atoms. The molecule has 0 aliphatic carbocycles. The monoisotopic (exact) mass is 259 g/mol. The second-order valence-electron chi connectivity index (χ2n) is 3.44. The number of hydrogen-bond donors (Lipinski definition) is 2. The molecular weight excluding hydrogens is 249 g/mol. The molecule has 4 heteroatoms. The predicted octanol–water partition coefficient (Wildman–Crippen LogP) is 2.72. The lowest BCUT2D eigenvalue weighted by molar-refractivity contribution is 0.442. The Morgan fingerprint density at radius 1 is 1.50 bits per heavy atom. The van der Waals surface area contributed by atoms with Gasteiger partial charge < -0.3 is 10.4 Å². The Balaban J connectivity index is 2.44. The molecule has 2 rings (SSSR count). The van der Waals surface area contributed by atoms with Crippen LogP contribution in [-0.4, -0.2) is 11.7 Å². The number of aromatic hydroxyl groups is 1. The SMILES string of the molecule is Oc1ccc(Br)c(F)c1C1CCCN1. The first kappa shape index (κ1) is 9.93. The van der Waals surface area contributed by atoms with Crippen LogP contribution >= 0.6 is 15.9 Å². The van der Waals surface area contributed by atoms with Crippen molar-refractivity contribution in [3.63, 3.8) is 0 Å². The van der Waals surface area contributed by atoms with Crippen LogP contribution in [0.3, 0.4) is 0 Å². The Kier molecular flexibility index (Phi) is 2.74. The largest absolute Gasteiger partial charge is 0.507 e. The van der Waals surface area contributed by atoms with E-state index < -0.39 is 0 Å². The summed E-state index contributed by atoms with van der Waals surface area (Å²) in [5.41, 5.74) is 0.386. The minimum Gasteiger partial charge on any atom is -0.507 e. The standard InChI is InChI=1S/C10H11BrFNO/c11-6-3-4-8(14)9(10(6)12)7-2-1-5-13-7/h3-4,7,13-14H,1-2,5H2. The van der Waals surface area contributed by atoms with E-state index in [1.54, 1.807) is 0 Å². The Morgan fingerprint density at radius 3 is 2.93 bits per heavy atom. The summed E-state index contributed by atoms with van der Waals surface area (Å²) in [7, 11) is 0. The topological polar surface area (TPSA) is 32.3 Å². The van der Waals surface area contributed by atoms with E-state index in [-0.39, 0.29) is 17.6 Å². The minimum absolute atomic E-state index is 0.0325. The third kappa shape index (κ3) is 1.64. The normalized spacial score (nSPS) is 21.4. The molecule has 0 amide bonds. The van der Waals surface area contributed by atoms with E-state index in [1.807, 2.05) is 0 Å². The molecule has 76 valence electrons. The van der Waals surface area contributed by atoms with Crippen LogP contribution in [0.1, 0.15) is 24.4 Å². The second kappa shape index (κ2) is 3.87. The highest BCUT2D eigenvalue weighted by Gasteiger charge is 2.23. The molecule has 1 heterocycles. The van der Waals surface area contributed by atoms with Crippen molar-refractivity contribution in [2.45, 2.75) is 18.9 Å². The van der Waals surface area contributed by atoms with Crippen LogP contribution in [0.25, 0.3) is 0 Å². The van der Waals surface area contributed by atoms with Gasteiger partial charge in [-0.3, -0.25) is 0 Å². The van der Waals surface area contributed by atoms with Crippen molar-refractivity contribution in [1.82, 2.24) is 5.32 Å². The van der Waals surface area contributed by atoms with Gasteiger partial charge in [0.2, 0.25) is 0 Å². The molecule has 1 aliphatic heterocycles. The van der Waals surface area contributed by atoms with Crippen molar-refractivity contribution in [2.24, 2.45) is 0 Å². The quantitative estimate of drug-likeness (QED) is 0.813. The summed E-state index contributed by atoms with van der Waals surface area (Å²) < 4.78 is 14.1. The molecule has 0 spiro atoms. The Labute approximate surface area is 90.3 Å². The lowest BCUT2D eigenvalue weighted by atomic mass is 10.0. The molecule has 0 aromatic heterocycles. The zero-order chi connectivity index (χ0) is 10.1. The number of halogens is 2. The van der Waals surface area contributed by atoms with Gasteiger partial charge in [0.1, 0.15) is 11.6 Å². The number of hydrogen-bond acceptors (Lipinski definition) is 2. The van der Waals surface area contributed by atoms with Crippen molar-refractivity contribution in [1.29, 1.82) is 0 Å². The van der Waals surface area contributed by atoms with Gasteiger partial charge in [0, 0.05) is 11.6 Å². The average molecular weight is 260 g/mol. The predicted molar refractivity (Wildman–Crippen MR) is 55.7 cm³/mol. The summed E-state index contributed by atoms with van der Waals surface area (Å²) >= 11 is 3.11. The van der Waals surface area contributed by atoms with E-state index in [2.05, 4.69) is 21.2 Å². The minimum atomic E-state index is -0.357. The first-order chi connectivity index (χ1) is 6.70. The second-order valence-corrected chi connectivity index (χ2v) is 4.30. The fourth-order valence-corrected chi connectivity index (χ4v) is 2.16. The van der Waals surface area contributed by atoms with Gasteiger partial charge in [-0.05, 0) is 47.4 Å². The summed E-state index contributed by atoms with van der Waals surface area (Å²) in [4.78, 5) is 0. The third-order valence-corrected chi connectivity index (χ3v) is 3.13. The number of benzene rings is 1. The average Bonchev–Trinajstić information content (AvgIpc) is 2.65. The summed E-state index contributed by atoms with van der Waals surface area (Å²) in [6.07, 6.45) is 1.90. The first-order valence-corrected chi connectivity index (χ1v) is 5.39. The van der Waals surface area contributed by atoms with E-state index in [9.17, 15) is 9.50 Å². The first-order valence-electron chi connectivity index (χ1n) is 4.60. The molecule has 1 saturated heterocycles. The van der Waals surface area contributed by atoms with Gasteiger partial charge in [0.25, 0.3) is 0 Å². The van der Waals surface area contributed by atoms with E-state index in [0.717, 1.165) is 19.4 Å². The van der Waals surface area contributed by atoms with Crippen LogP contribution in [-0.2, 0) is 0 Å². The van der Waals surface area contributed by atoms with Gasteiger partial charge >= 0.3 is 0 Å². The highest BCUT2D eigenvalue weighted by molar-refractivity contribution is 9.10. The van der Waals surface area contributed by atoms with Gasteiger partial charge in [-0.15, -0.1) is 0 Å². The van der Waals surface area contributed by atoms with E-state index in [1.165, 1.54) is 12.1 Å². The van der Waals surface area contributed by atoms with Crippen LogP contribution < -0.4 is 5.32 Å². The number of rotatable bonds is 1. The zero-order valence-corrected chi connectivity index (χ0v) is 9.14. The molecule has 1 aromatic carbocycles. The lowest BCUT2D eigenvalue weighted by Gasteiger charge is -2.14. The fraction of sp³-hybridized carbons (Fsp3) is 0.400. The highest BCUT2D eigenvalue weighted by Crippen LogP contribution is 2.35. The molecule has 1 aliphatic rings. The molecule has 0 saturated carbocycles. The number of phenolic OH excluding ortho intramolecular Hbond substituents is 1. The van der Waals surface area contributed by atoms with Gasteiger partial charge in [-0.25, -0.2) is 4.39 Å². The maximum Gasteiger partial charge on any atom is 0.145 e. The van der Waals surface area contributed by atoms with Crippen LogP contribution in [0, 0.1) is 5.82 Å². The Morgan fingerprint density at radius 2 is 2.29 bits per heavy atom. The van der Waals surface area contributed by atoms with E-state index >= 15 is 0 Å². The van der Waals surface area contributed by atoms with Crippen LogP contribution in [0.2, 0.25) is 0 Å². The smallest absolute Gasteiger partial charge is 0.145 e. The van der Waals surface area contributed by atoms with Crippen molar-refractivity contribution >= 4 is 15.9 Å². The summed E-state index contributed by atoms with van der Waals surface area (Å²) in [6.45, 7) is 0.885. The van der Waals surface area contributed by atoms with Crippen LogP contribution in [0.15, 0.2) is 16.6 Å². The highest BCUT2D eigenvalue weighted by atomic mass is 79.9. The lowest BCUT2D eigenvalue weighted by Crippen LogP contribution is -2.14. The molecule has 0 radical (unpaired) electrons. The van der Waals surface area contributed by atoms with Gasteiger partial charge in [0.15, 0.2) is 0 Å². The van der Waals surface area contributed by atoms with Crippen LogP contribution in [0.4, 0.5) is 4.39 Å². The Bertz CT molecular complexity index is 350. The zero-order valence-electron chi connectivity index (χ0n) is 7.56. The summed E-state index contributed by atoms with van der Waals surface area (Å²) in [6, 6.07) is 2.98. The van der Waals surface area contributed by atoms with Crippen molar-refractivity contribution in [3.05, 3.63) is 28.0 Å². The number of phenols is 1. The number of nitrogens with one attached hydrogen (secondary N) is 1. The van der Waals surface area contributed by atoms with Gasteiger partial charge in [0.05, 0.1) is 4.47 Å². The molecule has 1 atom stereocenters. The van der Waals surface area contributed by atoms with Gasteiger partial charge in [-0.1, -0.05) is 0 Å². The molecule has 2 N–H and O–H groups in total. The third-order valence-electron chi connectivity index (χ3n) is 2.52. The van der Waals surface area contributed by atoms with E-state index in [0.29, 0.717) is 10.0 Å². The Hall–Kier alpha value is -0.610. The van der Waals surface area contributed by atoms with Gasteiger partial charge in [-0.2, -0.15) is 0 Å². The van der Waals surface area contributed by atoms with Crippen molar-refractivity contribution < 1.29 is 9.50 Å². The van der Waals surface area contributed by atoms with Crippen molar-refractivity contribution in [2.75, 3.05) is 6.54 Å². The molecule has 1 unspecified atom stereocenters. The molecule has 14 heavy (non-hydrogen) atoms. The molecule has 2 nitrogen and oxygen atoms in total. The summed E-state index contributed by atoms with van der Waals surface area (Å²) in [5, 5.41) is 12.7. The molecular formula is C10H11BrFNO.